The summed E-state index contributed by atoms with van der Waals surface area (Å²) in [6.45, 7) is 1.23. The maximum absolute atomic E-state index is 12.4. The first-order valence-corrected chi connectivity index (χ1v) is 8.81. The van der Waals surface area contributed by atoms with Crippen LogP contribution >= 0.6 is 0 Å². The molecular weight excluding hydrogens is 332 g/mol. The second-order valence-electron chi connectivity index (χ2n) is 5.57. The molecule has 7 nitrogen and oxygen atoms in total. The van der Waals surface area contributed by atoms with Gasteiger partial charge in [0.25, 0.3) is 15.9 Å². The highest BCUT2D eigenvalue weighted by Gasteiger charge is 2.41. The average Bonchev–Trinajstić information content (AvgIpc) is 3.09. The molecule has 126 valence electrons. The minimum absolute atomic E-state index is 0.0635. The van der Waals surface area contributed by atoms with Gasteiger partial charge in [0.1, 0.15) is 17.2 Å². The minimum Gasteiger partial charge on any atom is -0.469 e. The summed E-state index contributed by atoms with van der Waals surface area (Å²) in [5.41, 5.74) is 0.0916. The summed E-state index contributed by atoms with van der Waals surface area (Å²) in [7, 11) is -3.97. The van der Waals surface area contributed by atoms with E-state index in [1.54, 1.807) is 31.2 Å². The number of sulfonamides is 1. The number of rotatable bonds is 5. The number of hydrogen-bond donors (Lipinski definition) is 1. The number of hydrogen-bond acceptors (Lipinski definition) is 5. The molecule has 1 N–H and O–H groups in total. The van der Waals surface area contributed by atoms with Crippen molar-refractivity contribution < 1.29 is 22.4 Å². The molecule has 0 spiro atoms. The van der Waals surface area contributed by atoms with Crippen LogP contribution in [0, 0.1) is 0 Å². The van der Waals surface area contributed by atoms with Gasteiger partial charge in [0, 0.05) is 12.5 Å². The topological polar surface area (TPSA) is 96.7 Å². The molecule has 1 unspecified atom stereocenters. The lowest BCUT2D eigenvalue weighted by Gasteiger charge is -2.17. The molecule has 3 rings (SSSR count). The zero-order chi connectivity index (χ0) is 17.3. The number of amides is 2. The van der Waals surface area contributed by atoms with E-state index in [4.69, 9.17) is 4.42 Å². The van der Waals surface area contributed by atoms with Gasteiger partial charge >= 0.3 is 0 Å². The van der Waals surface area contributed by atoms with E-state index in [9.17, 15) is 18.0 Å². The van der Waals surface area contributed by atoms with E-state index < -0.39 is 28.4 Å². The molecule has 0 saturated carbocycles. The first-order chi connectivity index (χ1) is 11.4. The third-order valence-corrected chi connectivity index (χ3v) is 5.48. The predicted octanol–water partition coefficient (Wildman–Crippen LogP) is 1.17. The standard InChI is InChI=1S/C16H16N2O5S/c1-11(9-12-5-4-8-23-12)17-15(19)10-18-16(20)13-6-2-3-7-14(13)24(18,21)22/h2-8,11H,9-10H2,1H3,(H,17,19). The number of fused-ring (bicyclic) bond motifs is 1. The van der Waals surface area contributed by atoms with Crippen molar-refractivity contribution in [3.8, 4) is 0 Å². The fourth-order valence-electron chi connectivity index (χ4n) is 2.62. The van der Waals surface area contributed by atoms with Crippen LogP contribution in [-0.2, 0) is 21.2 Å². The summed E-state index contributed by atoms with van der Waals surface area (Å²) in [6, 6.07) is 9.20. The lowest BCUT2D eigenvalue weighted by atomic mass is 10.2. The molecule has 1 aliphatic rings. The number of carbonyl (C=O) groups is 2. The molecule has 1 atom stereocenters. The lowest BCUT2D eigenvalue weighted by molar-refractivity contribution is -0.121. The number of nitrogens with one attached hydrogen (secondary N) is 1. The van der Waals surface area contributed by atoms with Gasteiger partial charge in [-0.2, -0.15) is 0 Å². The fourth-order valence-corrected chi connectivity index (χ4v) is 4.14. The Morgan fingerprint density at radius 3 is 2.67 bits per heavy atom. The largest absolute Gasteiger partial charge is 0.469 e. The van der Waals surface area contributed by atoms with Crippen LogP contribution in [0.3, 0.4) is 0 Å². The van der Waals surface area contributed by atoms with E-state index in [1.165, 1.54) is 18.4 Å². The Balaban J connectivity index is 1.68. The van der Waals surface area contributed by atoms with Gasteiger partial charge in [-0.3, -0.25) is 9.59 Å². The molecule has 0 bridgehead atoms. The van der Waals surface area contributed by atoms with Crippen molar-refractivity contribution in [3.05, 3.63) is 54.0 Å². The number of benzene rings is 1. The zero-order valence-electron chi connectivity index (χ0n) is 12.9. The van der Waals surface area contributed by atoms with E-state index in [-0.39, 0.29) is 16.5 Å². The van der Waals surface area contributed by atoms with Crippen LogP contribution < -0.4 is 5.32 Å². The first-order valence-electron chi connectivity index (χ1n) is 7.37. The van der Waals surface area contributed by atoms with Crippen molar-refractivity contribution in [2.75, 3.05) is 6.54 Å². The Bertz CT molecular complexity index is 874. The summed E-state index contributed by atoms with van der Waals surface area (Å²) in [6.07, 6.45) is 2.01. The van der Waals surface area contributed by atoms with E-state index in [1.807, 2.05) is 0 Å². The average molecular weight is 348 g/mol. The summed E-state index contributed by atoms with van der Waals surface area (Å²) >= 11 is 0. The normalized spacial score (nSPS) is 16.7. The summed E-state index contributed by atoms with van der Waals surface area (Å²) in [5, 5.41) is 2.67. The van der Waals surface area contributed by atoms with Crippen molar-refractivity contribution >= 4 is 21.8 Å². The van der Waals surface area contributed by atoms with Crippen LogP contribution in [0.2, 0.25) is 0 Å². The molecule has 2 heterocycles. The van der Waals surface area contributed by atoms with Crippen molar-refractivity contribution in [2.45, 2.75) is 24.3 Å². The van der Waals surface area contributed by atoms with Crippen molar-refractivity contribution in [2.24, 2.45) is 0 Å². The van der Waals surface area contributed by atoms with E-state index in [0.717, 1.165) is 0 Å². The molecule has 0 fully saturated rings. The zero-order valence-corrected chi connectivity index (χ0v) is 13.7. The molecule has 1 aromatic carbocycles. The lowest BCUT2D eigenvalue weighted by Crippen LogP contribution is -2.43. The van der Waals surface area contributed by atoms with Gasteiger partial charge in [0.05, 0.1) is 11.8 Å². The van der Waals surface area contributed by atoms with Crippen molar-refractivity contribution in [1.29, 1.82) is 0 Å². The molecule has 0 saturated heterocycles. The van der Waals surface area contributed by atoms with Crippen LogP contribution in [0.15, 0.2) is 52.0 Å². The number of carbonyl (C=O) groups excluding carboxylic acids is 2. The Morgan fingerprint density at radius 1 is 1.25 bits per heavy atom. The monoisotopic (exact) mass is 348 g/mol. The fraction of sp³-hybridized carbons (Fsp3) is 0.250. The Morgan fingerprint density at radius 2 is 2.00 bits per heavy atom. The summed E-state index contributed by atoms with van der Waals surface area (Å²) < 4.78 is 30.6. The molecule has 0 aliphatic carbocycles. The molecule has 1 aromatic heterocycles. The molecule has 24 heavy (non-hydrogen) atoms. The quantitative estimate of drug-likeness (QED) is 0.875. The Kier molecular flexibility index (Phi) is 4.15. The van der Waals surface area contributed by atoms with Crippen LogP contribution in [0.25, 0.3) is 0 Å². The molecular formula is C16H16N2O5S. The highest BCUT2D eigenvalue weighted by atomic mass is 32.2. The second-order valence-corrected chi connectivity index (χ2v) is 7.40. The van der Waals surface area contributed by atoms with Crippen LogP contribution in [0.4, 0.5) is 0 Å². The van der Waals surface area contributed by atoms with Crippen LogP contribution in [-0.4, -0.2) is 37.1 Å². The van der Waals surface area contributed by atoms with Crippen molar-refractivity contribution in [3.63, 3.8) is 0 Å². The van der Waals surface area contributed by atoms with Gasteiger partial charge in [-0.05, 0) is 31.2 Å². The number of nitrogens with zero attached hydrogens (tertiary/aromatic N) is 1. The van der Waals surface area contributed by atoms with Crippen LogP contribution in [0.5, 0.6) is 0 Å². The molecule has 0 radical (unpaired) electrons. The van der Waals surface area contributed by atoms with E-state index >= 15 is 0 Å². The van der Waals surface area contributed by atoms with Gasteiger partial charge in [-0.1, -0.05) is 12.1 Å². The van der Waals surface area contributed by atoms with E-state index in [2.05, 4.69) is 5.32 Å². The SMILES string of the molecule is CC(Cc1ccco1)NC(=O)CN1C(=O)c2ccccc2S1(=O)=O. The maximum Gasteiger partial charge on any atom is 0.269 e. The van der Waals surface area contributed by atoms with Gasteiger partial charge < -0.3 is 9.73 Å². The van der Waals surface area contributed by atoms with Gasteiger partial charge in [0.15, 0.2) is 0 Å². The van der Waals surface area contributed by atoms with Gasteiger partial charge in [0.2, 0.25) is 5.91 Å². The predicted molar refractivity (Wildman–Crippen MR) is 84.7 cm³/mol. The van der Waals surface area contributed by atoms with Gasteiger partial charge in [-0.25, -0.2) is 12.7 Å². The molecule has 2 aromatic rings. The highest BCUT2D eigenvalue weighted by Crippen LogP contribution is 2.29. The van der Waals surface area contributed by atoms with E-state index in [0.29, 0.717) is 16.5 Å². The van der Waals surface area contributed by atoms with Crippen molar-refractivity contribution in [1.82, 2.24) is 9.62 Å². The molecule has 2 amide bonds. The second kappa shape index (κ2) is 6.12. The maximum atomic E-state index is 12.4. The Labute approximate surface area is 139 Å². The summed E-state index contributed by atoms with van der Waals surface area (Å²) in [4.78, 5) is 24.3. The first kappa shape index (κ1) is 16.3. The third kappa shape index (κ3) is 2.92. The smallest absolute Gasteiger partial charge is 0.269 e. The van der Waals surface area contributed by atoms with Gasteiger partial charge in [-0.15, -0.1) is 0 Å². The number of furan rings is 1. The van der Waals surface area contributed by atoms with Crippen LogP contribution in [0.1, 0.15) is 23.0 Å². The third-order valence-electron chi connectivity index (χ3n) is 3.69. The Hall–Kier alpha value is -2.61. The minimum atomic E-state index is -3.97. The highest BCUT2D eigenvalue weighted by molar-refractivity contribution is 7.90. The molecule has 1 aliphatic heterocycles. The summed E-state index contributed by atoms with van der Waals surface area (Å²) in [5.74, 6) is -0.515. The molecule has 8 heteroatoms.